The zero-order chi connectivity index (χ0) is 15.5. The first-order chi connectivity index (χ1) is 9.53. The second-order valence-corrected chi connectivity index (χ2v) is 4.83. The smallest absolute Gasteiger partial charge is 0.320 e. The van der Waals surface area contributed by atoms with Gasteiger partial charge in [-0.3, -0.25) is 9.59 Å². The maximum Gasteiger partial charge on any atom is 0.320 e. The Morgan fingerprint density at radius 3 is 2.05 bits per heavy atom. The number of hydrogen-bond acceptors (Lipinski definition) is 4. The number of carbonyl (C=O) groups is 2. The van der Waals surface area contributed by atoms with Crippen molar-refractivity contribution in [2.75, 3.05) is 14.2 Å². The van der Waals surface area contributed by atoms with Gasteiger partial charge in [0, 0.05) is 5.92 Å². The topological polar surface area (TPSA) is 52.6 Å². The first-order valence-electron chi connectivity index (χ1n) is 7.07. The van der Waals surface area contributed by atoms with E-state index >= 15 is 0 Å². The molecule has 4 nitrogen and oxygen atoms in total. The SMILES string of the molecule is C=C=C(CCCCCC)C(C)C(C(=O)OC)C(=O)OC. The summed E-state index contributed by atoms with van der Waals surface area (Å²) in [6, 6.07) is 0. The van der Waals surface area contributed by atoms with Gasteiger partial charge in [0.15, 0.2) is 5.92 Å². The minimum absolute atomic E-state index is 0.311. The van der Waals surface area contributed by atoms with Gasteiger partial charge in [-0.15, -0.1) is 5.73 Å². The number of rotatable bonds is 9. The van der Waals surface area contributed by atoms with Gasteiger partial charge < -0.3 is 9.47 Å². The van der Waals surface area contributed by atoms with Crippen molar-refractivity contribution in [1.29, 1.82) is 0 Å². The molecule has 0 saturated carbocycles. The van der Waals surface area contributed by atoms with E-state index in [9.17, 15) is 9.59 Å². The van der Waals surface area contributed by atoms with Gasteiger partial charge in [-0.1, -0.05) is 39.7 Å². The van der Waals surface area contributed by atoms with Gasteiger partial charge in [0.05, 0.1) is 14.2 Å². The molecular formula is C16H26O4. The maximum absolute atomic E-state index is 11.8. The van der Waals surface area contributed by atoms with Crippen molar-refractivity contribution in [2.45, 2.75) is 46.0 Å². The van der Waals surface area contributed by atoms with E-state index in [-0.39, 0.29) is 5.92 Å². The van der Waals surface area contributed by atoms with Gasteiger partial charge in [0.2, 0.25) is 0 Å². The van der Waals surface area contributed by atoms with E-state index in [1.807, 2.05) is 6.92 Å². The standard InChI is InChI=1S/C16H26O4/c1-6-8-9-10-11-13(7-2)12(3)14(15(17)19-4)16(18)20-5/h12,14H,2,6,8-11H2,1,3-5H3. The summed E-state index contributed by atoms with van der Waals surface area (Å²) < 4.78 is 9.39. The Morgan fingerprint density at radius 1 is 1.10 bits per heavy atom. The quantitative estimate of drug-likeness (QED) is 0.282. The highest BCUT2D eigenvalue weighted by Gasteiger charge is 2.35. The van der Waals surface area contributed by atoms with Crippen LogP contribution < -0.4 is 0 Å². The normalized spacial score (nSPS) is 11.7. The van der Waals surface area contributed by atoms with Crippen LogP contribution >= 0.6 is 0 Å². The molecule has 0 aliphatic heterocycles. The van der Waals surface area contributed by atoms with Crippen LogP contribution in [0.4, 0.5) is 0 Å². The Balaban J connectivity index is 4.84. The molecule has 0 aromatic heterocycles. The highest BCUT2D eigenvalue weighted by molar-refractivity contribution is 5.95. The third kappa shape index (κ3) is 5.62. The van der Waals surface area contributed by atoms with Crippen molar-refractivity contribution in [3.63, 3.8) is 0 Å². The average molecular weight is 282 g/mol. The molecule has 0 saturated heterocycles. The molecule has 0 amide bonds. The Morgan fingerprint density at radius 2 is 1.65 bits per heavy atom. The number of ether oxygens (including phenoxy) is 2. The zero-order valence-electron chi connectivity index (χ0n) is 13.0. The second-order valence-electron chi connectivity index (χ2n) is 4.83. The number of esters is 2. The summed E-state index contributed by atoms with van der Waals surface area (Å²) in [7, 11) is 2.53. The number of carbonyl (C=O) groups excluding carboxylic acids is 2. The van der Waals surface area contributed by atoms with Crippen LogP contribution in [0.3, 0.4) is 0 Å². The van der Waals surface area contributed by atoms with E-state index in [4.69, 9.17) is 9.47 Å². The van der Waals surface area contributed by atoms with Gasteiger partial charge in [-0.2, -0.15) is 0 Å². The van der Waals surface area contributed by atoms with Crippen molar-refractivity contribution >= 4 is 11.9 Å². The summed E-state index contributed by atoms with van der Waals surface area (Å²) in [6.45, 7) is 7.63. The number of methoxy groups -OCH3 is 2. The van der Waals surface area contributed by atoms with E-state index < -0.39 is 17.9 Å². The summed E-state index contributed by atoms with van der Waals surface area (Å²) in [5, 5.41) is 0. The Hall–Kier alpha value is -1.54. The monoisotopic (exact) mass is 282 g/mol. The van der Waals surface area contributed by atoms with Crippen molar-refractivity contribution < 1.29 is 19.1 Å². The molecule has 0 rings (SSSR count). The number of allylic oxidation sites excluding steroid dienone is 1. The predicted molar refractivity (Wildman–Crippen MR) is 78.1 cm³/mol. The minimum Gasteiger partial charge on any atom is -0.468 e. The highest BCUT2D eigenvalue weighted by Crippen LogP contribution is 2.26. The van der Waals surface area contributed by atoms with Crippen LogP contribution in [0, 0.1) is 11.8 Å². The molecule has 114 valence electrons. The molecule has 4 heteroatoms. The summed E-state index contributed by atoms with van der Waals surface area (Å²) in [6.07, 6.45) is 5.25. The molecular weight excluding hydrogens is 256 g/mol. The third-order valence-corrected chi connectivity index (χ3v) is 3.49. The molecule has 0 radical (unpaired) electrons. The Labute approximate surface area is 121 Å². The van der Waals surface area contributed by atoms with E-state index in [1.165, 1.54) is 20.6 Å². The van der Waals surface area contributed by atoms with Crippen molar-refractivity contribution in [2.24, 2.45) is 11.8 Å². The van der Waals surface area contributed by atoms with Crippen LogP contribution in [0.25, 0.3) is 0 Å². The van der Waals surface area contributed by atoms with Crippen molar-refractivity contribution in [3.05, 3.63) is 17.9 Å². The molecule has 0 fully saturated rings. The lowest BCUT2D eigenvalue weighted by Gasteiger charge is -2.21. The lowest BCUT2D eigenvalue weighted by molar-refractivity contribution is -0.160. The van der Waals surface area contributed by atoms with Crippen LogP contribution in [0.15, 0.2) is 17.9 Å². The van der Waals surface area contributed by atoms with E-state index in [1.54, 1.807) is 0 Å². The minimum atomic E-state index is -0.944. The third-order valence-electron chi connectivity index (χ3n) is 3.49. The number of hydrogen-bond donors (Lipinski definition) is 0. The highest BCUT2D eigenvalue weighted by atomic mass is 16.5. The lowest BCUT2D eigenvalue weighted by Crippen LogP contribution is -2.33. The van der Waals surface area contributed by atoms with Crippen LogP contribution in [-0.4, -0.2) is 26.2 Å². The van der Waals surface area contributed by atoms with Gasteiger partial charge in [0.1, 0.15) is 0 Å². The molecule has 1 atom stereocenters. The summed E-state index contributed by atoms with van der Waals surface area (Å²) in [5.41, 5.74) is 3.75. The first kappa shape index (κ1) is 18.5. The fourth-order valence-electron chi connectivity index (χ4n) is 2.18. The first-order valence-corrected chi connectivity index (χ1v) is 7.07. The Bertz CT molecular complexity index is 351. The molecule has 0 aromatic carbocycles. The van der Waals surface area contributed by atoms with Gasteiger partial charge >= 0.3 is 11.9 Å². The summed E-state index contributed by atoms with van der Waals surface area (Å²) in [4.78, 5) is 23.5. The fraction of sp³-hybridized carbons (Fsp3) is 0.688. The molecule has 0 aromatic rings. The molecule has 0 bridgehead atoms. The molecule has 20 heavy (non-hydrogen) atoms. The van der Waals surface area contributed by atoms with E-state index in [0.717, 1.165) is 31.3 Å². The fourth-order valence-corrected chi connectivity index (χ4v) is 2.18. The average Bonchev–Trinajstić information content (AvgIpc) is 2.46. The second kappa shape index (κ2) is 10.3. The summed E-state index contributed by atoms with van der Waals surface area (Å²) >= 11 is 0. The van der Waals surface area contributed by atoms with Crippen LogP contribution in [0.1, 0.15) is 46.0 Å². The molecule has 0 heterocycles. The van der Waals surface area contributed by atoms with E-state index in [2.05, 4.69) is 19.2 Å². The van der Waals surface area contributed by atoms with Crippen LogP contribution in [0.2, 0.25) is 0 Å². The number of unbranched alkanes of at least 4 members (excludes halogenated alkanes) is 3. The van der Waals surface area contributed by atoms with Crippen molar-refractivity contribution in [1.82, 2.24) is 0 Å². The van der Waals surface area contributed by atoms with Crippen LogP contribution in [-0.2, 0) is 19.1 Å². The van der Waals surface area contributed by atoms with Crippen molar-refractivity contribution in [3.8, 4) is 0 Å². The molecule has 0 aliphatic carbocycles. The molecule has 0 N–H and O–H groups in total. The van der Waals surface area contributed by atoms with Gasteiger partial charge in [0.25, 0.3) is 0 Å². The van der Waals surface area contributed by atoms with E-state index in [0.29, 0.717) is 0 Å². The lowest BCUT2D eigenvalue weighted by atomic mass is 9.85. The van der Waals surface area contributed by atoms with Crippen LogP contribution in [0.5, 0.6) is 0 Å². The molecule has 0 aliphatic rings. The largest absolute Gasteiger partial charge is 0.468 e. The Kier molecular flexibility index (Phi) is 9.48. The zero-order valence-corrected chi connectivity index (χ0v) is 13.0. The van der Waals surface area contributed by atoms with Gasteiger partial charge in [-0.25, -0.2) is 0 Å². The molecule has 0 spiro atoms. The predicted octanol–water partition coefficient (Wildman–Crippen LogP) is 3.27. The maximum atomic E-state index is 11.8. The summed E-state index contributed by atoms with van der Waals surface area (Å²) in [5.74, 6) is -2.41. The molecule has 1 unspecified atom stereocenters. The van der Waals surface area contributed by atoms with Gasteiger partial charge in [-0.05, 0) is 18.4 Å².